The quantitative estimate of drug-likeness (QED) is 0.0910. The van der Waals surface area contributed by atoms with E-state index in [1.807, 2.05) is 0 Å². The normalized spacial score (nSPS) is 12.5. The van der Waals surface area contributed by atoms with Gasteiger partial charge in [0.1, 0.15) is 6.04 Å². The first kappa shape index (κ1) is 34.1. The Kier molecular flexibility index (Phi) is 16.1. The minimum absolute atomic E-state index is 0. The smallest absolute Gasteiger partial charge is 0.243 e. The van der Waals surface area contributed by atoms with Crippen molar-refractivity contribution in [3.05, 3.63) is 65.7 Å². The van der Waals surface area contributed by atoms with Crippen molar-refractivity contribution in [3.63, 3.8) is 0 Å². The first-order valence-electron chi connectivity index (χ1n) is 11.0. The second-order valence-electron chi connectivity index (χ2n) is 7.91. The van der Waals surface area contributed by atoms with Gasteiger partial charge in [0.15, 0.2) is 0 Å². The molecule has 11 nitrogen and oxygen atoms in total. The fourth-order valence-electron chi connectivity index (χ4n) is 3.17. The van der Waals surface area contributed by atoms with Gasteiger partial charge in [-0.25, -0.2) is 0 Å². The average Bonchev–Trinajstić information content (AvgIpc) is 2.85. The van der Waals surface area contributed by atoms with E-state index < -0.39 is 48.3 Å². The third-order valence-corrected chi connectivity index (χ3v) is 5.49. The Morgan fingerprint density at radius 3 is 2.14 bits per heavy atom. The van der Waals surface area contributed by atoms with Gasteiger partial charge in [-0.1, -0.05) is 54.6 Å². The number of aryl methyl sites for hydroxylation is 1. The molecular weight excluding hydrogens is 673 g/mol. The van der Waals surface area contributed by atoms with Crippen LogP contribution in [-0.2, 0) is 65.8 Å². The Hall–Kier alpha value is -2.95. The largest absolute Gasteiger partial charge is 2.00 e. The van der Waals surface area contributed by atoms with Gasteiger partial charge in [0, 0.05) is 32.9 Å². The van der Waals surface area contributed by atoms with Crippen molar-refractivity contribution in [1.82, 2.24) is 16.0 Å². The topological polar surface area (TPSA) is 212 Å². The van der Waals surface area contributed by atoms with E-state index in [0.717, 1.165) is 11.1 Å². The number of nitrogens with one attached hydrogen (secondary N) is 4. The summed E-state index contributed by atoms with van der Waals surface area (Å²) in [6.07, 6.45) is 0.928. The van der Waals surface area contributed by atoms with Crippen LogP contribution >= 0.6 is 0 Å². The molecule has 0 fully saturated rings. The van der Waals surface area contributed by atoms with Crippen molar-refractivity contribution in [2.24, 2.45) is 5.73 Å². The molecule has 0 aliphatic carbocycles. The molecule has 203 valence electrons. The van der Waals surface area contributed by atoms with Gasteiger partial charge < -0.3 is 55.4 Å². The summed E-state index contributed by atoms with van der Waals surface area (Å²) in [6.45, 7) is -0.405. The van der Waals surface area contributed by atoms with Crippen LogP contribution in [0.1, 0.15) is 17.5 Å². The van der Waals surface area contributed by atoms with E-state index in [1.165, 1.54) is 12.1 Å². The van der Waals surface area contributed by atoms with Crippen LogP contribution in [0.25, 0.3) is 0 Å². The molecule has 13 heteroatoms. The molecule has 2 aromatic rings. The molecule has 37 heavy (non-hydrogen) atoms. The van der Waals surface area contributed by atoms with E-state index in [-0.39, 0.29) is 43.8 Å². The Morgan fingerprint density at radius 1 is 0.946 bits per heavy atom. The maximum Gasteiger partial charge on any atom is 0.243 e. The molecule has 0 saturated heterocycles. The van der Waals surface area contributed by atoms with E-state index in [1.54, 1.807) is 42.5 Å². The number of hydrogen-bond donors (Lipinski definition) is 5. The molecular formula is C24H28N5O6ReS-5. The van der Waals surface area contributed by atoms with Gasteiger partial charge in [0.05, 0.1) is 12.6 Å². The van der Waals surface area contributed by atoms with E-state index >= 15 is 0 Å². The Bertz CT molecular complexity index is 1010. The third-order valence-electron chi connectivity index (χ3n) is 5.16. The maximum atomic E-state index is 12.7. The standard InChI is InChI=1S/C24H31N5O5S.O.Re/c25-18(11-8-15-6-9-17(30)10-7-15)23(33)27-13-21(31)28-19(12-16-4-2-1-3-5-16)24(34)29-20(14-35)22(26)32;;/h1-7,9-10,18-20,30,35H,8,11-14,25H2,(H2,26,32)(H,27,33)(H,28,31)(H,29,34);;/q;-2;/p-3/t18-,19-,20+;;/m0../s1. The average molecular weight is 701 g/mol. The second-order valence-corrected chi connectivity index (χ2v) is 8.24. The maximum absolute atomic E-state index is 12.7. The molecule has 2 aromatic carbocycles. The number of benzene rings is 2. The van der Waals surface area contributed by atoms with Crippen LogP contribution in [0.15, 0.2) is 54.6 Å². The summed E-state index contributed by atoms with van der Waals surface area (Å²) in [4.78, 5) is 37.5. The molecule has 1 radical (unpaired) electrons. The Morgan fingerprint density at radius 2 is 1.57 bits per heavy atom. The van der Waals surface area contributed by atoms with Crippen molar-refractivity contribution in [3.8, 4) is 5.75 Å². The van der Waals surface area contributed by atoms with E-state index in [9.17, 15) is 24.6 Å². The van der Waals surface area contributed by atoms with Crippen molar-refractivity contribution >= 4 is 36.2 Å². The van der Waals surface area contributed by atoms with Gasteiger partial charge in [-0.2, -0.15) is 5.75 Å². The molecule has 3 atom stereocenters. The summed E-state index contributed by atoms with van der Waals surface area (Å²) in [5, 5.41) is 37.1. The van der Waals surface area contributed by atoms with Gasteiger partial charge in [-0.3, -0.25) is 14.4 Å². The molecule has 0 bridgehead atoms. The summed E-state index contributed by atoms with van der Waals surface area (Å²) in [7, 11) is 0. The fourth-order valence-corrected chi connectivity index (χ4v) is 3.40. The second kappa shape index (κ2) is 17.5. The fraction of sp³-hybridized carbons (Fsp3) is 0.333. The zero-order valence-corrected chi connectivity index (χ0v) is 23.3. The molecule has 2 rings (SSSR count). The minimum atomic E-state index is -1.16. The predicted octanol–water partition coefficient (Wildman–Crippen LogP) is -1.89. The SMILES string of the molecule is N=C([O-])[C@@H](C[S-])NC(=O)[C@H](Cc1ccccc1)NC(=O)CNC(=O)[C@@H](N)CCc1ccc([O-])cc1.[O-2].[Re]. The summed E-state index contributed by atoms with van der Waals surface area (Å²) < 4.78 is 0. The van der Waals surface area contributed by atoms with Crippen LogP contribution in [0.5, 0.6) is 5.75 Å². The Labute approximate surface area is 234 Å². The monoisotopic (exact) mass is 701 g/mol. The molecule has 0 unspecified atom stereocenters. The molecule has 6 N–H and O–H groups in total. The van der Waals surface area contributed by atoms with Crippen LogP contribution < -0.4 is 31.9 Å². The van der Waals surface area contributed by atoms with Gasteiger partial charge in [-0.15, -0.1) is 5.75 Å². The van der Waals surface area contributed by atoms with Crippen molar-refractivity contribution in [2.45, 2.75) is 37.4 Å². The van der Waals surface area contributed by atoms with Crippen LogP contribution in [-0.4, -0.2) is 54.0 Å². The van der Waals surface area contributed by atoms with Gasteiger partial charge in [0.25, 0.3) is 0 Å². The first-order valence-corrected chi connectivity index (χ1v) is 11.5. The molecule has 0 saturated carbocycles. The van der Waals surface area contributed by atoms with E-state index in [4.69, 9.17) is 23.8 Å². The van der Waals surface area contributed by atoms with Crippen LogP contribution in [0.2, 0.25) is 0 Å². The minimum Gasteiger partial charge on any atom is -2.00 e. The number of carbonyl (C=O) groups is 3. The molecule has 0 aliphatic rings. The molecule has 0 aromatic heterocycles. The molecule has 0 heterocycles. The number of nitrogens with two attached hydrogens (primary N) is 1. The Balaban J connectivity index is 0.00000648. The molecule has 0 spiro atoms. The number of rotatable bonds is 13. The van der Waals surface area contributed by atoms with E-state index in [2.05, 4.69) is 16.0 Å². The number of carbonyl (C=O) groups excluding carboxylic acids is 3. The molecule has 0 aliphatic heterocycles. The summed E-state index contributed by atoms with van der Waals surface area (Å²) in [6, 6.07) is 12.0. The zero-order chi connectivity index (χ0) is 25.8. The summed E-state index contributed by atoms with van der Waals surface area (Å²) >= 11 is 4.81. The van der Waals surface area contributed by atoms with Crippen molar-refractivity contribution < 1.29 is 50.5 Å². The van der Waals surface area contributed by atoms with Crippen molar-refractivity contribution in [2.75, 3.05) is 12.3 Å². The van der Waals surface area contributed by atoms with Gasteiger partial charge >= 0.3 is 0 Å². The summed E-state index contributed by atoms with van der Waals surface area (Å²) in [5.74, 6) is -3.12. The van der Waals surface area contributed by atoms with Crippen molar-refractivity contribution in [1.29, 1.82) is 5.41 Å². The van der Waals surface area contributed by atoms with Crippen LogP contribution in [0.4, 0.5) is 0 Å². The predicted molar refractivity (Wildman–Crippen MR) is 130 cm³/mol. The zero-order valence-electron chi connectivity index (χ0n) is 19.8. The number of hydrogen-bond acceptors (Lipinski definition) is 8. The number of amides is 3. The van der Waals surface area contributed by atoms with Gasteiger partial charge in [-0.05, 0) is 29.9 Å². The first-order chi connectivity index (χ1) is 16.7. The summed E-state index contributed by atoms with van der Waals surface area (Å²) in [5.41, 5.74) is 7.53. The van der Waals surface area contributed by atoms with Crippen LogP contribution in [0, 0.1) is 5.41 Å². The van der Waals surface area contributed by atoms with E-state index in [0.29, 0.717) is 12.8 Å². The third kappa shape index (κ3) is 12.2. The van der Waals surface area contributed by atoms with Gasteiger partial charge in [0.2, 0.25) is 17.7 Å². The molecule has 3 amide bonds. The van der Waals surface area contributed by atoms with Crippen LogP contribution in [0.3, 0.4) is 0 Å².